The van der Waals surface area contributed by atoms with Gasteiger partial charge in [0, 0.05) is 19.6 Å². The molecule has 0 N–H and O–H groups in total. The number of aromatic nitrogens is 4. The highest BCUT2D eigenvalue weighted by molar-refractivity contribution is 5.96. The summed E-state index contributed by atoms with van der Waals surface area (Å²) in [6.45, 7) is 5.98. The zero-order valence-electron chi connectivity index (χ0n) is 18.3. The summed E-state index contributed by atoms with van der Waals surface area (Å²) in [6, 6.07) is 8.20. The van der Waals surface area contributed by atoms with E-state index in [1.807, 2.05) is 21.9 Å². The van der Waals surface area contributed by atoms with Crippen LogP contribution in [-0.4, -0.2) is 60.9 Å². The third kappa shape index (κ3) is 3.68. The van der Waals surface area contributed by atoms with Gasteiger partial charge in [0.1, 0.15) is 11.3 Å². The molecule has 0 spiro atoms. The normalized spacial score (nSPS) is 18.1. The highest BCUT2D eigenvalue weighted by Crippen LogP contribution is 2.24. The van der Waals surface area contributed by atoms with Crippen LogP contribution < -0.4 is 0 Å². The van der Waals surface area contributed by atoms with E-state index in [1.54, 1.807) is 24.7 Å². The zero-order valence-corrected chi connectivity index (χ0v) is 18.3. The van der Waals surface area contributed by atoms with Gasteiger partial charge >= 0.3 is 0 Å². The van der Waals surface area contributed by atoms with E-state index in [1.165, 1.54) is 11.1 Å². The van der Waals surface area contributed by atoms with E-state index in [4.69, 9.17) is 4.52 Å². The fourth-order valence-electron chi connectivity index (χ4n) is 4.76. The summed E-state index contributed by atoms with van der Waals surface area (Å²) in [5.74, 6) is 0.364. The molecule has 1 unspecified atom stereocenters. The number of aryl methyl sites for hydroxylation is 2. The first kappa shape index (κ1) is 20.4. The Morgan fingerprint density at radius 2 is 1.94 bits per heavy atom. The van der Waals surface area contributed by atoms with E-state index in [2.05, 4.69) is 27.6 Å². The maximum Gasteiger partial charge on any atom is 0.276 e. The lowest BCUT2D eigenvalue weighted by atomic mass is 10.00. The Kier molecular flexibility index (Phi) is 5.24. The molecule has 4 heterocycles. The summed E-state index contributed by atoms with van der Waals surface area (Å²) in [4.78, 5) is 29.8. The first-order valence-electron chi connectivity index (χ1n) is 11.0. The maximum absolute atomic E-state index is 13.1. The fraction of sp³-hybridized carbons (Fsp3) is 0.435. The van der Waals surface area contributed by atoms with E-state index in [-0.39, 0.29) is 17.9 Å². The van der Waals surface area contributed by atoms with Gasteiger partial charge in [0.15, 0.2) is 5.69 Å². The summed E-state index contributed by atoms with van der Waals surface area (Å²) >= 11 is 0. The van der Waals surface area contributed by atoms with Gasteiger partial charge in [-0.2, -0.15) is 0 Å². The van der Waals surface area contributed by atoms with Gasteiger partial charge in [-0.3, -0.25) is 9.59 Å². The van der Waals surface area contributed by atoms with Crippen LogP contribution >= 0.6 is 0 Å². The van der Waals surface area contributed by atoms with Crippen molar-refractivity contribution in [1.29, 1.82) is 0 Å². The average molecular weight is 435 g/mol. The van der Waals surface area contributed by atoms with Gasteiger partial charge in [0.05, 0.1) is 24.5 Å². The Morgan fingerprint density at radius 1 is 1.12 bits per heavy atom. The minimum atomic E-state index is -0.110. The number of fused-ring (bicyclic) bond motifs is 1. The number of carbonyl (C=O) groups excluding carboxylic acids is 2. The number of rotatable bonds is 4. The van der Waals surface area contributed by atoms with Gasteiger partial charge in [-0.1, -0.05) is 34.6 Å². The quantitative estimate of drug-likeness (QED) is 0.625. The van der Waals surface area contributed by atoms with Crippen molar-refractivity contribution in [2.24, 2.45) is 0 Å². The van der Waals surface area contributed by atoms with Crippen LogP contribution in [0.4, 0.5) is 0 Å². The predicted molar refractivity (Wildman–Crippen MR) is 115 cm³/mol. The molecule has 1 aromatic carbocycles. The molecular weight excluding hydrogens is 408 g/mol. The molecule has 0 aliphatic carbocycles. The van der Waals surface area contributed by atoms with Crippen molar-refractivity contribution in [3.63, 3.8) is 0 Å². The van der Waals surface area contributed by atoms with Gasteiger partial charge < -0.3 is 14.3 Å². The van der Waals surface area contributed by atoms with Gasteiger partial charge in [-0.25, -0.2) is 4.68 Å². The number of carbonyl (C=O) groups is 2. The minimum absolute atomic E-state index is 0.0114. The summed E-state index contributed by atoms with van der Waals surface area (Å²) < 4.78 is 6.85. The molecule has 2 amide bonds. The van der Waals surface area contributed by atoms with Crippen LogP contribution in [0.1, 0.15) is 56.3 Å². The molecule has 3 aromatic rings. The topological polar surface area (TPSA) is 97.4 Å². The summed E-state index contributed by atoms with van der Waals surface area (Å²) in [5.41, 5.74) is 3.96. The summed E-state index contributed by atoms with van der Waals surface area (Å²) in [6.07, 6.45) is 4.34. The van der Waals surface area contributed by atoms with Crippen molar-refractivity contribution in [3.05, 3.63) is 64.3 Å². The van der Waals surface area contributed by atoms with Crippen molar-refractivity contribution in [2.75, 3.05) is 13.1 Å². The summed E-state index contributed by atoms with van der Waals surface area (Å²) in [5, 5.41) is 12.2. The smallest absolute Gasteiger partial charge is 0.276 e. The molecule has 1 atom stereocenters. The largest absolute Gasteiger partial charge is 0.361 e. The lowest BCUT2D eigenvalue weighted by molar-refractivity contribution is 0.0712. The molecule has 166 valence electrons. The van der Waals surface area contributed by atoms with Crippen molar-refractivity contribution < 1.29 is 14.1 Å². The van der Waals surface area contributed by atoms with E-state index < -0.39 is 0 Å². The molecular formula is C23H26N6O3. The fourth-order valence-corrected chi connectivity index (χ4v) is 4.76. The summed E-state index contributed by atoms with van der Waals surface area (Å²) in [7, 11) is 0. The number of amides is 2. The molecule has 2 aliphatic heterocycles. The van der Waals surface area contributed by atoms with E-state index in [9.17, 15) is 9.59 Å². The van der Waals surface area contributed by atoms with Crippen LogP contribution in [0.25, 0.3) is 0 Å². The highest BCUT2D eigenvalue weighted by Gasteiger charge is 2.33. The molecule has 2 aromatic heterocycles. The van der Waals surface area contributed by atoms with E-state index >= 15 is 0 Å². The second-order valence-electron chi connectivity index (χ2n) is 8.57. The third-order valence-electron chi connectivity index (χ3n) is 6.46. The monoisotopic (exact) mass is 434 g/mol. The number of hydrogen-bond acceptors (Lipinski definition) is 6. The molecule has 2 aliphatic rings. The predicted octanol–water partition coefficient (Wildman–Crippen LogP) is 2.39. The highest BCUT2D eigenvalue weighted by atomic mass is 16.5. The Morgan fingerprint density at radius 3 is 2.72 bits per heavy atom. The van der Waals surface area contributed by atoms with Crippen LogP contribution in [0.15, 0.2) is 35.0 Å². The molecule has 32 heavy (non-hydrogen) atoms. The van der Waals surface area contributed by atoms with Crippen LogP contribution in [-0.2, 0) is 19.5 Å². The first-order valence-corrected chi connectivity index (χ1v) is 11.0. The average Bonchev–Trinajstić information content (AvgIpc) is 3.54. The molecule has 9 nitrogen and oxygen atoms in total. The molecule has 1 fully saturated rings. The lowest BCUT2D eigenvalue weighted by Crippen LogP contribution is -2.38. The zero-order chi connectivity index (χ0) is 22.2. The molecule has 5 rings (SSSR count). The molecule has 9 heteroatoms. The third-order valence-corrected chi connectivity index (χ3v) is 6.46. The van der Waals surface area contributed by atoms with E-state index in [0.29, 0.717) is 48.9 Å². The van der Waals surface area contributed by atoms with Gasteiger partial charge in [0.2, 0.25) is 0 Å². The van der Waals surface area contributed by atoms with Crippen molar-refractivity contribution >= 4 is 11.8 Å². The lowest BCUT2D eigenvalue weighted by Gasteiger charge is -2.28. The van der Waals surface area contributed by atoms with Crippen molar-refractivity contribution in [2.45, 2.75) is 52.2 Å². The Labute approximate surface area is 186 Å². The van der Waals surface area contributed by atoms with Crippen molar-refractivity contribution in [3.8, 4) is 0 Å². The minimum Gasteiger partial charge on any atom is -0.361 e. The van der Waals surface area contributed by atoms with Gasteiger partial charge in [-0.05, 0) is 44.2 Å². The van der Waals surface area contributed by atoms with Crippen LogP contribution in [0.5, 0.6) is 0 Å². The second kappa shape index (κ2) is 8.22. The van der Waals surface area contributed by atoms with Crippen LogP contribution in [0.3, 0.4) is 0 Å². The van der Waals surface area contributed by atoms with Gasteiger partial charge in [0.25, 0.3) is 11.8 Å². The molecule has 0 bridgehead atoms. The van der Waals surface area contributed by atoms with Crippen LogP contribution in [0, 0.1) is 13.8 Å². The molecule has 1 saturated heterocycles. The van der Waals surface area contributed by atoms with Crippen molar-refractivity contribution in [1.82, 2.24) is 30.0 Å². The van der Waals surface area contributed by atoms with E-state index in [0.717, 1.165) is 19.3 Å². The Bertz CT molecular complexity index is 1150. The maximum atomic E-state index is 13.1. The second-order valence-corrected chi connectivity index (χ2v) is 8.57. The SMILES string of the molecule is Cc1noc(C)c1C(=O)N1CCCC1Cn1cc(C(=O)N2CCc3ccccc3C2)nn1. The Hall–Kier alpha value is -3.49. The first-order chi connectivity index (χ1) is 15.5. The number of hydrogen-bond donors (Lipinski definition) is 0. The number of nitrogens with zero attached hydrogens (tertiary/aromatic N) is 6. The standard InChI is InChI=1S/C23H26N6O3/c1-15-21(16(2)32-25-15)23(31)29-10-5-8-19(29)13-28-14-20(24-26-28)22(30)27-11-9-17-6-3-4-7-18(17)12-27/h3-4,6-7,14,19H,5,8-13H2,1-2H3. The Balaban J connectivity index is 1.27. The molecule has 0 radical (unpaired) electrons. The van der Waals surface area contributed by atoms with Crippen LogP contribution in [0.2, 0.25) is 0 Å². The number of benzene rings is 1. The number of likely N-dealkylation sites (tertiary alicyclic amines) is 1. The molecule has 0 saturated carbocycles. The van der Waals surface area contributed by atoms with Gasteiger partial charge in [-0.15, -0.1) is 5.10 Å².